The fourth-order valence-electron chi connectivity index (χ4n) is 7.20. The highest BCUT2D eigenvalue weighted by Gasteiger charge is 2.26. The Balaban J connectivity index is 1.27. The molecule has 0 atom stereocenters. The van der Waals surface area contributed by atoms with Crippen LogP contribution < -0.4 is 0 Å². The minimum Gasteiger partial charge on any atom is -0.456 e. The molecule has 0 fully saturated rings. The number of benzene rings is 7. The van der Waals surface area contributed by atoms with Crippen LogP contribution in [0.25, 0.3) is 100 Å². The molecule has 1 aliphatic carbocycles. The molecular formula is C43H25N3O. The van der Waals surface area contributed by atoms with Gasteiger partial charge in [0.15, 0.2) is 17.5 Å². The predicted molar refractivity (Wildman–Crippen MR) is 191 cm³/mol. The van der Waals surface area contributed by atoms with E-state index in [2.05, 4.69) is 91.0 Å². The van der Waals surface area contributed by atoms with Crippen LogP contribution in [-0.4, -0.2) is 15.0 Å². The van der Waals surface area contributed by atoms with Crippen molar-refractivity contribution in [2.24, 2.45) is 0 Å². The van der Waals surface area contributed by atoms with E-state index in [-0.39, 0.29) is 0 Å². The number of fused-ring (bicyclic) bond motifs is 6. The van der Waals surface area contributed by atoms with Gasteiger partial charge in [-0.1, -0.05) is 127 Å². The first-order valence-electron chi connectivity index (χ1n) is 15.8. The fourth-order valence-corrected chi connectivity index (χ4v) is 7.20. The highest BCUT2D eigenvalue weighted by Crippen LogP contribution is 2.52. The molecular weight excluding hydrogens is 574 g/mol. The maximum atomic E-state index is 6.25. The molecule has 7 aromatic carbocycles. The molecule has 2 aromatic heterocycles. The summed E-state index contributed by atoms with van der Waals surface area (Å²) in [5.41, 5.74) is 11.7. The topological polar surface area (TPSA) is 51.8 Å². The van der Waals surface area contributed by atoms with Gasteiger partial charge in [0.05, 0.1) is 0 Å². The molecule has 0 saturated heterocycles. The van der Waals surface area contributed by atoms with E-state index >= 15 is 0 Å². The molecule has 9 aromatic rings. The Bertz CT molecular complexity index is 2670. The summed E-state index contributed by atoms with van der Waals surface area (Å²) in [4.78, 5) is 15.5. The van der Waals surface area contributed by atoms with E-state index in [1.54, 1.807) is 0 Å². The molecule has 10 rings (SSSR count). The van der Waals surface area contributed by atoms with Crippen LogP contribution in [0.3, 0.4) is 0 Å². The minimum absolute atomic E-state index is 0.609. The summed E-state index contributed by atoms with van der Waals surface area (Å²) in [6.45, 7) is 0. The van der Waals surface area contributed by atoms with E-state index in [0.717, 1.165) is 49.8 Å². The largest absolute Gasteiger partial charge is 0.456 e. The number of hydrogen-bond acceptors (Lipinski definition) is 4. The van der Waals surface area contributed by atoms with Crippen molar-refractivity contribution < 1.29 is 4.42 Å². The van der Waals surface area contributed by atoms with E-state index in [4.69, 9.17) is 19.4 Å². The molecule has 0 N–H and O–H groups in total. The van der Waals surface area contributed by atoms with Gasteiger partial charge in [0.1, 0.15) is 11.2 Å². The third-order valence-corrected chi connectivity index (χ3v) is 9.26. The SMILES string of the molecule is c1ccc(-c2nc(-c3cc(-c4ccccc4)c4c(c3)-c3cccc5cccc-4c35)nc(-c3cccc4oc5ccccc5c34)n2)cc1. The van der Waals surface area contributed by atoms with E-state index in [9.17, 15) is 0 Å². The summed E-state index contributed by atoms with van der Waals surface area (Å²) in [5.74, 6) is 1.86. The van der Waals surface area contributed by atoms with Gasteiger partial charge in [-0.25, -0.2) is 15.0 Å². The molecule has 0 unspecified atom stereocenters. The molecule has 47 heavy (non-hydrogen) atoms. The number of furan rings is 1. The number of rotatable bonds is 4. The Morgan fingerprint density at radius 2 is 0.957 bits per heavy atom. The van der Waals surface area contributed by atoms with Gasteiger partial charge >= 0.3 is 0 Å². The first-order valence-corrected chi connectivity index (χ1v) is 15.8. The Hall–Kier alpha value is -6.39. The van der Waals surface area contributed by atoms with Crippen molar-refractivity contribution in [1.29, 1.82) is 0 Å². The van der Waals surface area contributed by atoms with Crippen LogP contribution in [0.2, 0.25) is 0 Å². The first kappa shape index (κ1) is 25.9. The average Bonchev–Trinajstić information content (AvgIpc) is 3.69. The van der Waals surface area contributed by atoms with Gasteiger partial charge in [0.2, 0.25) is 0 Å². The highest BCUT2D eigenvalue weighted by molar-refractivity contribution is 6.19. The molecule has 4 heteroatoms. The van der Waals surface area contributed by atoms with E-state index in [0.29, 0.717) is 17.5 Å². The molecule has 0 amide bonds. The smallest absolute Gasteiger partial charge is 0.164 e. The molecule has 2 heterocycles. The molecule has 1 aliphatic rings. The third kappa shape index (κ3) is 3.98. The summed E-state index contributed by atoms with van der Waals surface area (Å²) in [6.07, 6.45) is 0. The van der Waals surface area contributed by atoms with Crippen LogP contribution in [0.5, 0.6) is 0 Å². The summed E-state index contributed by atoms with van der Waals surface area (Å²) < 4.78 is 6.25. The normalized spacial score (nSPS) is 11.8. The molecule has 0 spiro atoms. The van der Waals surface area contributed by atoms with Crippen LogP contribution in [0.1, 0.15) is 0 Å². The Labute approximate surface area is 270 Å². The summed E-state index contributed by atoms with van der Waals surface area (Å²) >= 11 is 0. The number of hydrogen-bond donors (Lipinski definition) is 0. The van der Waals surface area contributed by atoms with Crippen LogP contribution in [0.15, 0.2) is 156 Å². The zero-order valence-corrected chi connectivity index (χ0v) is 25.2. The molecule has 0 saturated carbocycles. The zero-order valence-electron chi connectivity index (χ0n) is 25.2. The highest BCUT2D eigenvalue weighted by atomic mass is 16.3. The van der Waals surface area contributed by atoms with Crippen LogP contribution in [0, 0.1) is 0 Å². The van der Waals surface area contributed by atoms with Gasteiger partial charge < -0.3 is 4.42 Å². The van der Waals surface area contributed by atoms with Crippen molar-refractivity contribution in [1.82, 2.24) is 15.0 Å². The quantitative estimate of drug-likeness (QED) is 0.202. The van der Waals surface area contributed by atoms with Crippen molar-refractivity contribution >= 4 is 32.7 Å². The third-order valence-electron chi connectivity index (χ3n) is 9.26. The second-order valence-electron chi connectivity index (χ2n) is 12.0. The minimum atomic E-state index is 0.609. The fraction of sp³-hybridized carbons (Fsp3) is 0. The summed E-state index contributed by atoms with van der Waals surface area (Å²) in [6, 6.07) is 52.7. The maximum Gasteiger partial charge on any atom is 0.164 e. The Kier molecular flexibility index (Phi) is 5.54. The van der Waals surface area contributed by atoms with Gasteiger partial charge in [0.25, 0.3) is 0 Å². The Morgan fingerprint density at radius 3 is 1.77 bits per heavy atom. The lowest BCUT2D eigenvalue weighted by atomic mass is 9.91. The van der Waals surface area contributed by atoms with Gasteiger partial charge in [-0.15, -0.1) is 0 Å². The number of para-hydroxylation sites is 1. The van der Waals surface area contributed by atoms with Crippen LogP contribution in [-0.2, 0) is 0 Å². The van der Waals surface area contributed by atoms with Gasteiger partial charge in [-0.05, 0) is 68.4 Å². The van der Waals surface area contributed by atoms with Crippen LogP contribution in [0.4, 0.5) is 0 Å². The molecule has 4 nitrogen and oxygen atoms in total. The Morgan fingerprint density at radius 1 is 0.362 bits per heavy atom. The van der Waals surface area contributed by atoms with Crippen molar-refractivity contribution in [3.63, 3.8) is 0 Å². The van der Waals surface area contributed by atoms with Crippen molar-refractivity contribution in [2.45, 2.75) is 0 Å². The summed E-state index contributed by atoms with van der Waals surface area (Å²) in [5, 5.41) is 4.57. The van der Waals surface area contributed by atoms with Crippen molar-refractivity contribution in [3.8, 4) is 67.5 Å². The maximum absolute atomic E-state index is 6.25. The molecule has 218 valence electrons. The lowest BCUT2D eigenvalue weighted by Crippen LogP contribution is -2.01. The zero-order chi connectivity index (χ0) is 30.9. The predicted octanol–water partition coefficient (Wildman–Crippen LogP) is 11.2. The van der Waals surface area contributed by atoms with Gasteiger partial charge in [0, 0.05) is 27.5 Å². The van der Waals surface area contributed by atoms with Crippen LogP contribution >= 0.6 is 0 Å². The number of aromatic nitrogens is 3. The standard InChI is InChI=1S/C43H25N3O/c1-3-12-26(13-4-1)34-24-29(25-35-30-19-9-16-27-17-10-20-32(38(27)30)39(34)35)42-44-41(28-14-5-2-6-15-28)45-43(46-42)33-21-11-23-37-40(33)31-18-7-8-22-36(31)47-37/h1-25H. The van der Waals surface area contributed by atoms with E-state index in [1.165, 1.54) is 33.0 Å². The number of nitrogens with zero attached hydrogens (tertiary/aromatic N) is 3. The van der Waals surface area contributed by atoms with Crippen molar-refractivity contribution in [2.75, 3.05) is 0 Å². The van der Waals surface area contributed by atoms with E-state index in [1.807, 2.05) is 60.7 Å². The van der Waals surface area contributed by atoms with Crippen molar-refractivity contribution in [3.05, 3.63) is 152 Å². The first-order chi connectivity index (χ1) is 23.3. The molecule has 0 radical (unpaired) electrons. The summed E-state index contributed by atoms with van der Waals surface area (Å²) in [7, 11) is 0. The monoisotopic (exact) mass is 599 g/mol. The second kappa shape index (κ2) is 10.1. The van der Waals surface area contributed by atoms with Gasteiger partial charge in [-0.2, -0.15) is 0 Å². The van der Waals surface area contributed by atoms with Gasteiger partial charge in [-0.3, -0.25) is 0 Å². The average molecular weight is 600 g/mol. The van der Waals surface area contributed by atoms with E-state index < -0.39 is 0 Å². The molecule has 0 bridgehead atoms. The second-order valence-corrected chi connectivity index (χ2v) is 12.0. The lowest BCUT2D eigenvalue weighted by molar-refractivity contribution is 0.669. The molecule has 0 aliphatic heterocycles. The lowest BCUT2D eigenvalue weighted by Gasteiger charge is -2.15.